The van der Waals surface area contributed by atoms with Gasteiger partial charge in [-0.3, -0.25) is 0 Å². The Balaban J connectivity index is 1.56. The Kier molecular flexibility index (Phi) is 7.24. The van der Waals surface area contributed by atoms with Crippen LogP contribution >= 0.6 is 0 Å². The van der Waals surface area contributed by atoms with Crippen LogP contribution in [-0.4, -0.2) is 26.1 Å². The lowest BCUT2D eigenvalue weighted by Gasteiger charge is -2.46. The molecule has 2 nitrogen and oxygen atoms in total. The van der Waals surface area contributed by atoms with Gasteiger partial charge in [-0.2, -0.15) is 0 Å². The van der Waals surface area contributed by atoms with Crippen molar-refractivity contribution in [3.8, 4) is 0 Å². The molecule has 2 aliphatic carbocycles. The van der Waals surface area contributed by atoms with Crippen LogP contribution in [0.3, 0.4) is 0 Å². The predicted molar refractivity (Wildman–Crippen MR) is 142 cm³/mol. The summed E-state index contributed by atoms with van der Waals surface area (Å²) in [6.45, 7) is 12.8. The van der Waals surface area contributed by atoms with Gasteiger partial charge in [-0.1, -0.05) is 102 Å². The Bertz CT molecular complexity index is 851. The van der Waals surface area contributed by atoms with Gasteiger partial charge in [0.25, 0.3) is 8.32 Å². The van der Waals surface area contributed by atoms with Crippen molar-refractivity contribution in [2.24, 2.45) is 23.2 Å². The molecule has 0 aliphatic heterocycles. The van der Waals surface area contributed by atoms with E-state index in [9.17, 15) is 5.11 Å². The van der Waals surface area contributed by atoms with E-state index in [0.29, 0.717) is 23.2 Å². The van der Waals surface area contributed by atoms with Gasteiger partial charge in [0.05, 0.1) is 6.10 Å². The van der Waals surface area contributed by atoms with E-state index in [0.717, 1.165) is 19.4 Å². The molecule has 3 heteroatoms. The lowest BCUT2D eigenvalue weighted by atomic mass is 9.61. The van der Waals surface area contributed by atoms with Crippen molar-refractivity contribution in [1.82, 2.24) is 0 Å². The highest BCUT2D eigenvalue weighted by atomic mass is 28.4. The minimum Gasteiger partial charge on any atom is -0.407 e. The smallest absolute Gasteiger partial charge is 0.261 e. The van der Waals surface area contributed by atoms with Gasteiger partial charge in [0.15, 0.2) is 0 Å². The zero-order valence-electron chi connectivity index (χ0n) is 21.4. The summed E-state index contributed by atoms with van der Waals surface area (Å²) in [4.78, 5) is 0. The van der Waals surface area contributed by atoms with E-state index in [4.69, 9.17) is 4.43 Å². The molecule has 0 unspecified atom stereocenters. The lowest BCUT2D eigenvalue weighted by Crippen LogP contribution is -2.66. The molecule has 2 aromatic rings. The maximum Gasteiger partial charge on any atom is 0.261 e. The normalized spacial score (nSPS) is 29.0. The standard InChI is InChI=1S/C30H44O2Si/c1-23(26-18-19-27-28(31)17-12-21-30(26,27)5)20-22-32-33(29(2,3)4,24-13-8-6-9-14-24)25-15-10-7-11-16-25/h6-11,13-16,23,26-28,31H,12,17-22H2,1-5H3/t23-,26-,27+,28+,30-/m1/s1. The summed E-state index contributed by atoms with van der Waals surface area (Å²) in [7, 11) is -2.46. The summed E-state index contributed by atoms with van der Waals surface area (Å²) in [5.41, 5.74) is 0.300. The second-order valence-corrected chi connectivity index (χ2v) is 16.3. The third kappa shape index (κ3) is 4.49. The average molecular weight is 465 g/mol. The fourth-order valence-corrected chi connectivity index (χ4v) is 12.1. The molecule has 0 amide bonds. The molecule has 0 saturated heterocycles. The molecule has 2 aromatic carbocycles. The topological polar surface area (TPSA) is 29.5 Å². The van der Waals surface area contributed by atoms with E-state index in [1.807, 2.05) is 0 Å². The van der Waals surface area contributed by atoms with Gasteiger partial charge in [0.2, 0.25) is 0 Å². The number of hydrogen-bond donors (Lipinski definition) is 1. The molecule has 5 atom stereocenters. The van der Waals surface area contributed by atoms with Crippen molar-refractivity contribution in [1.29, 1.82) is 0 Å². The first-order valence-electron chi connectivity index (χ1n) is 13.1. The van der Waals surface area contributed by atoms with Crippen LogP contribution in [0.5, 0.6) is 0 Å². The third-order valence-electron chi connectivity index (χ3n) is 9.16. The van der Waals surface area contributed by atoms with Crippen molar-refractivity contribution in [3.05, 3.63) is 60.7 Å². The highest BCUT2D eigenvalue weighted by molar-refractivity contribution is 6.99. The van der Waals surface area contributed by atoms with Gasteiger partial charge in [-0.05, 0) is 70.7 Å². The van der Waals surface area contributed by atoms with E-state index in [-0.39, 0.29) is 11.1 Å². The van der Waals surface area contributed by atoms with Crippen LogP contribution < -0.4 is 10.4 Å². The minimum atomic E-state index is -2.46. The second kappa shape index (κ2) is 9.68. The summed E-state index contributed by atoms with van der Waals surface area (Å²) in [6.07, 6.45) is 6.91. The molecule has 33 heavy (non-hydrogen) atoms. The number of benzene rings is 2. The first-order valence-corrected chi connectivity index (χ1v) is 15.0. The average Bonchev–Trinajstić information content (AvgIpc) is 3.15. The van der Waals surface area contributed by atoms with Gasteiger partial charge < -0.3 is 9.53 Å². The van der Waals surface area contributed by atoms with Crippen LogP contribution in [-0.2, 0) is 4.43 Å². The number of rotatable bonds is 7. The Morgan fingerprint density at radius 1 is 0.970 bits per heavy atom. The largest absolute Gasteiger partial charge is 0.407 e. The zero-order valence-corrected chi connectivity index (χ0v) is 22.4. The molecule has 0 radical (unpaired) electrons. The number of fused-ring (bicyclic) bond motifs is 1. The third-order valence-corrected chi connectivity index (χ3v) is 14.2. The first-order chi connectivity index (χ1) is 15.7. The number of hydrogen-bond acceptors (Lipinski definition) is 2. The molecule has 4 rings (SSSR count). The highest BCUT2D eigenvalue weighted by Crippen LogP contribution is 2.58. The van der Waals surface area contributed by atoms with Crippen LogP contribution in [0.15, 0.2) is 60.7 Å². The van der Waals surface area contributed by atoms with Gasteiger partial charge >= 0.3 is 0 Å². The van der Waals surface area contributed by atoms with Crippen LogP contribution in [0.4, 0.5) is 0 Å². The molecular weight excluding hydrogens is 420 g/mol. The maximum absolute atomic E-state index is 10.6. The van der Waals surface area contributed by atoms with E-state index in [2.05, 4.69) is 95.3 Å². The fourth-order valence-electron chi connectivity index (χ4n) is 7.48. The molecule has 0 spiro atoms. The van der Waals surface area contributed by atoms with Crippen molar-refractivity contribution >= 4 is 18.7 Å². The van der Waals surface area contributed by atoms with Crippen LogP contribution in [0.2, 0.25) is 5.04 Å². The van der Waals surface area contributed by atoms with Crippen LogP contribution in [0.25, 0.3) is 0 Å². The molecule has 180 valence electrons. The van der Waals surface area contributed by atoms with Gasteiger partial charge in [0, 0.05) is 6.61 Å². The van der Waals surface area contributed by atoms with Crippen LogP contribution in [0.1, 0.15) is 73.1 Å². The highest BCUT2D eigenvalue weighted by Gasteiger charge is 2.53. The molecule has 0 aromatic heterocycles. The molecule has 2 aliphatic rings. The van der Waals surface area contributed by atoms with E-state index < -0.39 is 8.32 Å². The summed E-state index contributed by atoms with van der Waals surface area (Å²) >= 11 is 0. The Labute approximate surface area is 202 Å². The molecule has 2 fully saturated rings. The van der Waals surface area contributed by atoms with E-state index in [1.165, 1.54) is 36.1 Å². The summed E-state index contributed by atoms with van der Waals surface area (Å²) in [6, 6.07) is 22.0. The van der Waals surface area contributed by atoms with E-state index >= 15 is 0 Å². The Morgan fingerprint density at radius 3 is 2.09 bits per heavy atom. The molecule has 0 heterocycles. The quantitative estimate of drug-likeness (QED) is 0.497. The molecular formula is C30H44O2Si. The summed E-state index contributed by atoms with van der Waals surface area (Å²) in [5.74, 6) is 1.81. The van der Waals surface area contributed by atoms with Gasteiger partial charge in [-0.15, -0.1) is 0 Å². The molecule has 1 N–H and O–H groups in total. The summed E-state index contributed by atoms with van der Waals surface area (Å²) < 4.78 is 7.18. The Hall–Kier alpha value is -1.42. The SMILES string of the molecule is C[C@H](CCO[Si](c1ccccc1)(c1ccccc1)C(C)(C)C)[C@H]1CC[C@H]2[C@@H](O)CCC[C@]12C. The number of aliphatic hydroxyl groups excluding tert-OH is 1. The van der Waals surface area contributed by atoms with Crippen molar-refractivity contribution in [3.63, 3.8) is 0 Å². The second-order valence-electron chi connectivity index (χ2n) is 12.0. The summed E-state index contributed by atoms with van der Waals surface area (Å²) in [5, 5.41) is 13.4. The minimum absolute atomic E-state index is 0.0247. The lowest BCUT2D eigenvalue weighted by molar-refractivity contribution is -0.0286. The number of aliphatic hydroxyl groups is 1. The van der Waals surface area contributed by atoms with Gasteiger partial charge in [-0.25, -0.2) is 0 Å². The van der Waals surface area contributed by atoms with Crippen LogP contribution in [0, 0.1) is 23.2 Å². The Morgan fingerprint density at radius 2 is 1.55 bits per heavy atom. The van der Waals surface area contributed by atoms with Gasteiger partial charge in [0.1, 0.15) is 0 Å². The van der Waals surface area contributed by atoms with Crippen molar-refractivity contribution < 1.29 is 9.53 Å². The van der Waals surface area contributed by atoms with E-state index in [1.54, 1.807) is 0 Å². The first kappa shape index (κ1) is 24.7. The zero-order chi connectivity index (χ0) is 23.7. The predicted octanol–water partition coefficient (Wildman–Crippen LogP) is 6.17. The maximum atomic E-state index is 10.6. The van der Waals surface area contributed by atoms with Crippen molar-refractivity contribution in [2.45, 2.75) is 84.3 Å². The molecule has 0 bridgehead atoms. The fraction of sp³-hybridized carbons (Fsp3) is 0.600. The van der Waals surface area contributed by atoms with Crippen molar-refractivity contribution in [2.75, 3.05) is 6.61 Å². The monoisotopic (exact) mass is 464 g/mol. The molecule has 2 saturated carbocycles.